The number of allylic oxidation sites excluding steroid dienone is 1. The van der Waals surface area contributed by atoms with E-state index in [2.05, 4.69) is 68.2 Å². The van der Waals surface area contributed by atoms with Gasteiger partial charge in [-0.3, -0.25) is 5.10 Å². The van der Waals surface area contributed by atoms with Crippen molar-refractivity contribution in [2.45, 2.75) is 24.9 Å². The zero-order valence-electron chi connectivity index (χ0n) is 17.5. The second-order valence-corrected chi connectivity index (χ2v) is 8.26. The molecule has 0 radical (unpaired) electrons. The lowest BCUT2D eigenvalue weighted by Gasteiger charge is -2.37. The van der Waals surface area contributed by atoms with Crippen molar-refractivity contribution < 1.29 is 9.53 Å². The minimum absolute atomic E-state index is 0.109. The van der Waals surface area contributed by atoms with Crippen LogP contribution in [0.3, 0.4) is 0 Å². The number of hydrogen-bond acceptors (Lipinski definition) is 6. The van der Waals surface area contributed by atoms with E-state index in [1.165, 1.54) is 12.8 Å². The molecular weight excluding hydrogens is 390 g/mol. The minimum Gasteiger partial charge on any atom is -0.464 e. The lowest BCUT2D eigenvalue weighted by Crippen LogP contribution is -2.42. The van der Waals surface area contributed by atoms with Crippen molar-refractivity contribution in [3.05, 3.63) is 72.4 Å². The van der Waals surface area contributed by atoms with Crippen LogP contribution in [0.15, 0.2) is 72.4 Å². The maximum atomic E-state index is 11.8. The molecule has 0 saturated carbocycles. The number of ether oxygens (including phenoxy) is 1. The van der Waals surface area contributed by atoms with Crippen LogP contribution in [-0.4, -0.2) is 53.3 Å². The van der Waals surface area contributed by atoms with Crippen molar-refractivity contribution in [3.8, 4) is 11.1 Å². The Hall–Kier alpha value is -3.48. The molecule has 3 aliphatic rings. The number of benzene rings is 1. The Morgan fingerprint density at radius 3 is 2.87 bits per heavy atom. The molecule has 1 aromatic heterocycles. The van der Waals surface area contributed by atoms with E-state index in [0.29, 0.717) is 11.7 Å². The topological polar surface area (TPSA) is 82.3 Å². The summed E-state index contributed by atoms with van der Waals surface area (Å²) < 4.78 is 4.84. The Balaban J connectivity index is 1.21. The van der Waals surface area contributed by atoms with E-state index in [1.54, 1.807) is 0 Å². The normalized spacial score (nSPS) is 24.7. The summed E-state index contributed by atoms with van der Waals surface area (Å²) in [6.07, 6.45) is 14.6. The first-order chi connectivity index (χ1) is 15.2. The maximum Gasteiger partial charge on any atom is 0.353 e. The van der Waals surface area contributed by atoms with Crippen LogP contribution in [0, 0.1) is 5.92 Å². The summed E-state index contributed by atoms with van der Waals surface area (Å²) in [6, 6.07) is 9.01. The molecule has 7 heteroatoms. The SMILES string of the molecule is COC(=O)C1=CC2C=CC(N3CCCC(Nc4ccc(-c5cn[nH]c5)cc4)C3)=CC2N1. The van der Waals surface area contributed by atoms with E-state index >= 15 is 0 Å². The standard InChI is InChI=1S/C24H27N5O2/c1-31-24(30)23-11-17-6-9-21(12-22(17)28-23)29-10-2-3-20(15-29)27-19-7-4-16(5-8-19)18-13-25-26-14-18/h4-9,11-14,17,20,22,27-28H,2-3,10,15H2,1H3,(H,25,26). The van der Waals surface area contributed by atoms with Gasteiger partial charge in [0.1, 0.15) is 5.70 Å². The Kier molecular flexibility index (Phi) is 5.24. The number of aromatic nitrogens is 2. The van der Waals surface area contributed by atoms with Crippen molar-refractivity contribution >= 4 is 11.7 Å². The summed E-state index contributed by atoms with van der Waals surface area (Å²) in [7, 11) is 1.41. The van der Waals surface area contributed by atoms with Crippen molar-refractivity contribution in [2.75, 3.05) is 25.5 Å². The molecule has 3 atom stereocenters. The number of carbonyl (C=O) groups excluding carboxylic acids is 1. The molecule has 2 aliphatic heterocycles. The molecule has 0 spiro atoms. The maximum absolute atomic E-state index is 11.8. The third-order valence-corrected chi connectivity index (χ3v) is 6.21. The van der Waals surface area contributed by atoms with Crippen molar-refractivity contribution in [3.63, 3.8) is 0 Å². The van der Waals surface area contributed by atoms with Crippen molar-refractivity contribution in [1.82, 2.24) is 20.4 Å². The van der Waals surface area contributed by atoms with Gasteiger partial charge in [-0.05, 0) is 48.8 Å². The van der Waals surface area contributed by atoms with Gasteiger partial charge < -0.3 is 20.3 Å². The van der Waals surface area contributed by atoms with Crippen LogP contribution >= 0.6 is 0 Å². The highest BCUT2D eigenvalue weighted by Gasteiger charge is 2.31. The highest BCUT2D eigenvalue weighted by Crippen LogP contribution is 2.29. The first-order valence-corrected chi connectivity index (χ1v) is 10.8. The van der Waals surface area contributed by atoms with Crippen LogP contribution in [0.2, 0.25) is 0 Å². The van der Waals surface area contributed by atoms with Crippen LogP contribution < -0.4 is 10.6 Å². The molecule has 0 bridgehead atoms. The predicted molar refractivity (Wildman–Crippen MR) is 120 cm³/mol. The molecule has 1 fully saturated rings. The Labute approximate surface area is 181 Å². The molecule has 3 unspecified atom stereocenters. The summed E-state index contributed by atoms with van der Waals surface area (Å²) in [6.45, 7) is 2.00. The number of piperidine rings is 1. The van der Waals surface area contributed by atoms with E-state index in [9.17, 15) is 4.79 Å². The zero-order chi connectivity index (χ0) is 21.2. The molecule has 3 N–H and O–H groups in total. The number of esters is 1. The number of likely N-dealkylation sites (tertiary alicyclic amines) is 1. The Morgan fingerprint density at radius 2 is 2.10 bits per heavy atom. The van der Waals surface area contributed by atoms with Crippen LogP contribution in [0.5, 0.6) is 0 Å². The van der Waals surface area contributed by atoms with Gasteiger partial charge in [0.05, 0.1) is 19.3 Å². The fourth-order valence-corrected chi connectivity index (χ4v) is 4.58. The zero-order valence-corrected chi connectivity index (χ0v) is 17.5. The van der Waals surface area contributed by atoms with Gasteiger partial charge in [-0.15, -0.1) is 0 Å². The van der Waals surface area contributed by atoms with Gasteiger partial charge in [-0.1, -0.05) is 18.2 Å². The lowest BCUT2D eigenvalue weighted by molar-refractivity contribution is -0.136. The minimum atomic E-state index is -0.307. The van der Waals surface area contributed by atoms with Gasteiger partial charge >= 0.3 is 5.97 Å². The van der Waals surface area contributed by atoms with E-state index < -0.39 is 0 Å². The van der Waals surface area contributed by atoms with Gasteiger partial charge in [0.2, 0.25) is 0 Å². The number of rotatable bonds is 5. The second-order valence-electron chi connectivity index (χ2n) is 8.26. The smallest absolute Gasteiger partial charge is 0.353 e. The number of hydrogen-bond donors (Lipinski definition) is 3. The number of methoxy groups -OCH3 is 1. The number of aromatic amines is 1. The van der Waals surface area contributed by atoms with Gasteiger partial charge in [-0.2, -0.15) is 5.10 Å². The number of carbonyl (C=O) groups is 1. The Morgan fingerprint density at radius 1 is 1.23 bits per heavy atom. The van der Waals surface area contributed by atoms with Crippen molar-refractivity contribution in [1.29, 1.82) is 0 Å². The van der Waals surface area contributed by atoms with Crippen LogP contribution in [0.4, 0.5) is 5.69 Å². The number of anilines is 1. The highest BCUT2D eigenvalue weighted by molar-refractivity contribution is 5.88. The molecule has 1 aliphatic carbocycles. The molecule has 7 nitrogen and oxygen atoms in total. The fourth-order valence-electron chi connectivity index (χ4n) is 4.58. The number of fused-ring (bicyclic) bond motifs is 1. The highest BCUT2D eigenvalue weighted by atomic mass is 16.5. The molecule has 3 heterocycles. The van der Waals surface area contributed by atoms with E-state index in [-0.39, 0.29) is 17.9 Å². The molecule has 31 heavy (non-hydrogen) atoms. The molecule has 0 amide bonds. The lowest BCUT2D eigenvalue weighted by atomic mass is 9.94. The molecule has 1 aromatic carbocycles. The van der Waals surface area contributed by atoms with E-state index in [1.807, 2.05) is 18.5 Å². The molecular formula is C24H27N5O2. The number of H-pyrrole nitrogens is 1. The average molecular weight is 418 g/mol. The molecule has 2 aromatic rings. The molecule has 1 saturated heterocycles. The first-order valence-electron chi connectivity index (χ1n) is 10.8. The third-order valence-electron chi connectivity index (χ3n) is 6.21. The third kappa shape index (κ3) is 4.08. The van der Waals surface area contributed by atoms with Gasteiger partial charge in [0, 0.05) is 48.2 Å². The second kappa shape index (κ2) is 8.34. The predicted octanol–water partition coefficient (Wildman–Crippen LogP) is 3.05. The van der Waals surface area contributed by atoms with Crippen molar-refractivity contribution in [2.24, 2.45) is 5.92 Å². The van der Waals surface area contributed by atoms with Crippen LogP contribution in [0.25, 0.3) is 11.1 Å². The summed E-state index contributed by atoms with van der Waals surface area (Å²) in [5.74, 6) is -0.107. The van der Waals surface area contributed by atoms with Crippen LogP contribution in [-0.2, 0) is 9.53 Å². The summed E-state index contributed by atoms with van der Waals surface area (Å²) in [5.41, 5.74) is 5.15. The van der Waals surface area contributed by atoms with E-state index in [0.717, 1.165) is 42.7 Å². The Bertz CT molecular complexity index is 1020. The monoisotopic (exact) mass is 417 g/mol. The summed E-state index contributed by atoms with van der Waals surface area (Å²) >= 11 is 0. The quantitative estimate of drug-likeness (QED) is 0.649. The summed E-state index contributed by atoms with van der Waals surface area (Å²) in [4.78, 5) is 14.3. The summed E-state index contributed by atoms with van der Waals surface area (Å²) in [5, 5.41) is 13.9. The van der Waals surface area contributed by atoms with Gasteiger partial charge in [0.15, 0.2) is 0 Å². The average Bonchev–Trinajstić information content (AvgIpc) is 3.49. The number of nitrogens with one attached hydrogen (secondary N) is 3. The van der Waals surface area contributed by atoms with Gasteiger partial charge in [-0.25, -0.2) is 4.79 Å². The van der Waals surface area contributed by atoms with Crippen LogP contribution in [0.1, 0.15) is 12.8 Å². The molecule has 160 valence electrons. The largest absolute Gasteiger partial charge is 0.464 e. The van der Waals surface area contributed by atoms with E-state index in [4.69, 9.17) is 4.74 Å². The first kappa shape index (κ1) is 19.5. The van der Waals surface area contributed by atoms with Gasteiger partial charge in [0.25, 0.3) is 0 Å². The molecule has 5 rings (SSSR count). The number of nitrogens with zero attached hydrogens (tertiary/aromatic N) is 2. The fraction of sp³-hybridized carbons (Fsp3) is 0.333.